The Morgan fingerprint density at radius 1 is 1.26 bits per heavy atom. The Hall–Kier alpha value is -4.42. The van der Waals surface area contributed by atoms with Gasteiger partial charge in [-0.25, -0.2) is 9.67 Å². The number of carbonyl (C=O) groups is 3. The first-order chi connectivity index (χ1) is 18.0. The van der Waals surface area contributed by atoms with Crippen LogP contribution < -0.4 is 21.1 Å². The second-order valence-corrected chi connectivity index (χ2v) is 9.36. The van der Waals surface area contributed by atoms with E-state index in [1.54, 1.807) is 30.5 Å². The molecule has 38 heavy (non-hydrogen) atoms. The third kappa shape index (κ3) is 4.66. The van der Waals surface area contributed by atoms with Crippen molar-refractivity contribution >= 4 is 17.7 Å². The minimum Gasteiger partial charge on any atom is -0.484 e. The smallest absolute Gasteiger partial charge is 0.422 e. The number of aryl methyl sites for hydroxylation is 2. The van der Waals surface area contributed by atoms with Gasteiger partial charge in [0, 0.05) is 12.6 Å². The fourth-order valence-corrected chi connectivity index (χ4v) is 4.94. The third-order valence-corrected chi connectivity index (χ3v) is 6.57. The highest BCUT2D eigenvalue weighted by Gasteiger charge is 2.47. The third-order valence-electron chi connectivity index (χ3n) is 6.57. The zero-order valence-electron chi connectivity index (χ0n) is 20.2. The highest BCUT2D eigenvalue weighted by atomic mass is 19.4. The van der Waals surface area contributed by atoms with E-state index in [0.29, 0.717) is 24.4 Å². The number of amides is 3. The summed E-state index contributed by atoms with van der Waals surface area (Å²) in [7, 11) is 0. The maximum absolute atomic E-state index is 13.5. The summed E-state index contributed by atoms with van der Waals surface area (Å²) in [6, 6.07) is 8.07. The number of carbonyl (C=O) groups excluding carboxylic acids is 3. The molecule has 13 heteroatoms. The maximum Gasteiger partial charge on any atom is 0.422 e. The molecule has 3 heterocycles. The van der Waals surface area contributed by atoms with E-state index in [0.717, 1.165) is 16.7 Å². The number of fused-ring (bicyclic) bond motifs is 3. The fourth-order valence-electron chi connectivity index (χ4n) is 4.94. The largest absolute Gasteiger partial charge is 0.484 e. The van der Waals surface area contributed by atoms with Crippen molar-refractivity contribution in [1.29, 1.82) is 0 Å². The maximum atomic E-state index is 13.5. The van der Waals surface area contributed by atoms with E-state index in [1.165, 1.54) is 10.7 Å². The van der Waals surface area contributed by atoms with Crippen molar-refractivity contribution in [3.05, 3.63) is 70.2 Å². The number of aromatic nitrogens is 3. The second-order valence-electron chi connectivity index (χ2n) is 9.36. The lowest BCUT2D eigenvalue weighted by atomic mass is 9.82. The number of pyridine rings is 1. The van der Waals surface area contributed by atoms with Crippen LogP contribution in [0.1, 0.15) is 49.7 Å². The molecule has 0 fully saturated rings. The predicted molar refractivity (Wildman–Crippen MR) is 127 cm³/mol. The van der Waals surface area contributed by atoms with E-state index < -0.39 is 42.6 Å². The molecule has 1 atom stereocenters. The van der Waals surface area contributed by atoms with Crippen LogP contribution in [0.3, 0.4) is 0 Å². The summed E-state index contributed by atoms with van der Waals surface area (Å²) >= 11 is 0. The number of primary amides is 1. The number of halogens is 3. The van der Waals surface area contributed by atoms with Gasteiger partial charge in [-0.3, -0.25) is 14.4 Å². The summed E-state index contributed by atoms with van der Waals surface area (Å²) in [5, 5.41) is 10.00. The lowest BCUT2D eigenvalue weighted by Crippen LogP contribution is -2.50. The minimum atomic E-state index is -4.46. The Kier molecular flexibility index (Phi) is 6.08. The molecule has 1 aliphatic carbocycles. The van der Waals surface area contributed by atoms with E-state index in [9.17, 15) is 27.6 Å². The quantitative estimate of drug-likeness (QED) is 0.446. The van der Waals surface area contributed by atoms with Crippen LogP contribution in [-0.2, 0) is 23.2 Å². The molecule has 2 aromatic heterocycles. The molecular formula is C25H23F3N6O4. The number of alkyl halides is 3. The van der Waals surface area contributed by atoms with Crippen molar-refractivity contribution in [3.8, 4) is 11.6 Å². The van der Waals surface area contributed by atoms with Gasteiger partial charge >= 0.3 is 6.18 Å². The Labute approximate surface area is 214 Å². The summed E-state index contributed by atoms with van der Waals surface area (Å²) in [6.45, 7) is 0.0135. The van der Waals surface area contributed by atoms with Crippen LogP contribution in [0.4, 0.5) is 13.2 Å². The van der Waals surface area contributed by atoms with Crippen LogP contribution in [0.2, 0.25) is 0 Å². The Morgan fingerprint density at radius 2 is 2.05 bits per heavy atom. The molecule has 10 nitrogen and oxygen atoms in total. The Bertz CT molecular complexity index is 1450. The Morgan fingerprint density at radius 3 is 2.74 bits per heavy atom. The van der Waals surface area contributed by atoms with Gasteiger partial charge < -0.3 is 21.1 Å². The van der Waals surface area contributed by atoms with Gasteiger partial charge in [0.2, 0.25) is 5.91 Å². The molecule has 198 valence electrons. The van der Waals surface area contributed by atoms with Gasteiger partial charge in [-0.2, -0.15) is 18.3 Å². The summed E-state index contributed by atoms with van der Waals surface area (Å²) in [5.74, 6) is -1.63. The van der Waals surface area contributed by atoms with Crippen molar-refractivity contribution in [1.82, 2.24) is 25.4 Å². The standard InChI is InChI=1S/C25H23F3N6O4/c1-13-2-5-19(30-10-13)34-21(23(37)31-11-18(29)35)20-17(33-34)9-24(32-22(20)36)7-6-14-8-15(3-4-16(14)24)38-12-25(26,27)28/h2-5,8,10H,6-7,9,11-12H2,1H3,(H2,29,35)(H,31,37)(H,32,36)/t24-/m0/s1. The number of nitrogens with zero attached hydrogens (tertiary/aromatic N) is 3. The van der Waals surface area contributed by atoms with Gasteiger partial charge in [0.1, 0.15) is 11.4 Å². The van der Waals surface area contributed by atoms with Gasteiger partial charge in [-0.15, -0.1) is 0 Å². The molecule has 1 spiro atoms. The lowest BCUT2D eigenvalue weighted by Gasteiger charge is -2.35. The Balaban J connectivity index is 1.53. The van der Waals surface area contributed by atoms with E-state index in [-0.39, 0.29) is 23.4 Å². The van der Waals surface area contributed by atoms with Crippen LogP contribution >= 0.6 is 0 Å². The average Bonchev–Trinajstić information content (AvgIpc) is 3.40. The summed E-state index contributed by atoms with van der Waals surface area (Å²) in [6.07, 6.45) is -1.65. The molecule has 3 amide bonds. The van der Waals surface area contributed by atoms with E-state index >= 15 is 0 Å². The molecule has 3 aromatic rings. The van der Waals surface area contributed by atoms with Gasteiger partial charge in [-0.1, -0.05) is 12.1 Å². The number of ether oxygens (including phenoxy) is 1. The monoisotopic (exact) mass is 528 g/mol. The summed E-state index contributed by atoms with van der Waals surface area (Å²) in [4.78, 5) is 42.2. The second kappa shape index (κ2) is 9.15. The van der Waals surface area contributed by atoms with Gasteiger partial charge in [0.05, 0.1) is 23.3 Å². The molecule has 1 aromatic carbocycles. The van der Waals surface area contributed by atoms with E-state index in [2.05, 4.69) is 20.7 Å². The number of nitrogens with one attached hydrogen (secondary N) is 2. The minimum absolute atomic E-state index is 0.0542. The molecule has 0 saturated carbocycles. The van der Waals surface area contributed by atoms with Crippen molar-refractivity contribution in [2.75, 3.05) is 13.2 Å². The van der Waals surface area contributed by atoms with Crippen LogP contribution in [0.25, 0.3) is 5.82 Å². The summed E-state index contributed by atoms with van der Waals surface area (Å²) in [5.41, 5.74) is 7.02. The van der Waals surface area contributed by atoms with Crippen molar-refractivity contribution in [3.63, 3.8) is 0 Å². The van der Waals surface area contributed by atoms with Crippen LogP contribution in [0.5, 0.6) is 5.75 Å². The highest BCUT2D eigenvalue weighted by molar-refractivity contribution is 6.08. The number of benzene rings is 1. The molecule has 2 aliphatic rings. The first kappa shape index (κ1) is 25.2. The zero-order valence-corrected chi connectivity index (χ0v) is 20.2. The molecule has 4 N–H and O–H groups in total. The van der Waals surface area contributed by atoms with Crippen molar-refractivity contribution in [2.45, 2.75) is 37.9 Å². The van der Waals surface area contributed by atoms with Gasteiger partial charge in [0.25, 0.3) is 11.8 Å². The topological polar surface area (TPSA) is 141 Å². The average molecular weight is 528 g/mol. The van der Waals surface area contributed by atoms with Gasteiger partial charge in [0.15, 0.2) is 12.4 Å². The number of hydrogen-bond acceptors (Lipinski definition) is 6. The van der Waals surface area contributed by atoms with Gasteiger partial charge in [-0.05, 0) is 54.7 Å². The SMILES string of the molecule is Cc1ccc(-n2nc3c(c2C(=O)NCC(N)=O)C(=O)N[C@@]2(CCc4cc(OCC(F)(F)F)ccc42)C3)nc1. The van der Waals surface area contributed by atoms with Crippen LogP contribution in [0, 0.1) is 6.92 Å². The normalized spacial score (nSPS) is 18.1. The summed E-state index contributed by atoms with van der Waals surface area (Å²) < 4.78 is 43.9. The fraction of sp³-hybridized carbons (Fsp3) is 0.320. The predicted octanol–water partition coefficient (Wildman–Crippen LogP) is 1.86. The molecule has 0 saturated heterocycles. The number of rotatable bonds is 6. The van der Waals surface area contributed by atoms with E-state index in [4.69, 9.17) is 10.5 Å². The van der Waals surface area contributed by atoms with Crippen LogP contribution in [0.15, 0.2) is 36.5 Å². The first-order valence-electron chi connectivity index (χ1n) is 11.7. The molecule has 0 bridgehead atoms. The molecule has 0 radical (unpaired) electrons. The van der Waals surface area contributed by atoms with Crippen molar-refractivity contribution < 1.29 is 32.3 Å². The van der Waals surface area contributed by atoms with Crippen LogP contribution in [-0.4, -0.2) is 51.8 Å². The first-order valence-corrected chi connectivity index (χ1v) is 11.7. The zero-order chi connectivity index (χ0) is 27.2. The molecular weight excluding hydrogens is 505 g/mol. The molecule has 0 unspecified atom stereocenters. The number of nitrogens with two attached hydrogens (primary N) is 1. The number of hydrogen-bond donors (Lipinski definition) is 3. The van der Waals surface area contributed by atoms with E-state index in [1.807, 2.05) is 6.92 Å². The molecule has 5 rings (SSSR count). The molecule has 1 aliphatic heterocycles. The highest BCUT2D eigenvalue weighted by Crippen LogP contribution is 2.44. The lowest BCUT2D eigenvalue weighted by molar-refractivity contribution is -0.153. The van der Waals surface area contributed by atoms with Crippen molar-refractivity contribution in [2.24, 2.45) is 5.73 Å².